The highest BCUT2D eigenvalue weighted by molar-refractivity contribution is 5.94. The molecule has 2 aromatic rings. The van der Waals surface area contributed by atoms with Crippen LogP contribution in [0.15, 0.2) is 28.8 Å². The van der Waals surface area contributed by atoms with Crippen molar-refractivity contribution in [3.8, 4) is 11.4 Å². The van der Waals surface area contributed by atoms with E-state index < -0.39 is 12.1 Å². The van der Waals surface area contributed by atoms with E-state index in [-0.39, 0.29) is 23.7 Å². The molecule has 2 atom stereocenters. The SMILES string of the molecule is C[C@@H]1CN(C(=O)c2ccc(-c3noc(C(F)(F)F)n3)cc2)CC[C@H]1N. The number of carbonyl (C=O) groups is 1. The minimum atomic E-state index is -4.69. The molecule has 25 heavy (non-hydrogen) atoms. The third-order valence-corrected chi connectivity index (χ3v) is 4.32. The van der Waals surface area contributed by atoms with Crippen LogP contribution in [0.3, 0.4) is 0 Å². The van der Waals surface area contributed by atoms with Gasteiger partial charge in [0.05, 0.1) is 0 Å². The fraction of sp³-hybridized carbons (Fsp3) is 0.438. The van der Waals surface area contributed by atoms with Gasteiger partial charge in [-0.1, -0.05) is 24.2 Å². The number of carbonyl (C=O) groups excluding carboxylic acids is 1. The van der Waals surface area contributed by atoms with Crippen molar-refractivity contribution in [3.05, 3.63) is 35.7 Å². The summed E-state index contributed by atoms with van der Waals surface area (Å²) in [7, 11) is 0. The summed E-state index contributed by atoms with van der Waals surface area (Å²) in [6, 6.07) is 6.17. The Morgan fingerprint density at radius 1 is 1.32 bits per heavy atom. The molecular weight excluding hydrogens is 337 g/mol. The zero-order valence-corrected chi connectivity index (χ0v) is 13.5. The number of nitrogens with two attached hydrogens (primary N) is 1. The smallest absolute Gasteiger partial charge is 0.338 e. The van der Waals surface area contributed by atoms with Gasteiger partial charge in [0.2, 0.25) is 5.82 Å². The lowest BCUT2D eigenvalue weighted by atomic mass is 9.94. The number of likely N-dealkylation sites (tertiary alicyclic amines) is 1. The van der Waals surface area contributed by atoms with E-state index in [0.29, 0.717) is 24.2 Å². The van der Waals surface area contributed by atoms with Gasteiger partial charge in [-0.3, -0.25) is 4.79 Å². The quantitative estimate of drug-likeness (QED) is 0.896. The van der Waals surface area contributed by atoms with Crippen LogP contribution in [-0.2, 0) is 6.18 Å². The fourth-order valence-corrected chi connectivity index (χ4v) is 2.75. The molecule has 9 heteroatoms. The van der Waals surface area contributed by atoms with Crippen molar-refractivity contribution in [2.45, 2.75) is 25.6 Å². The highest BCUT2D eigenvalue weighted by atomic mass is 19.4. The number of alkyl halides is 3. The minimum absolute atomic E-state index is 0.0903. The fourth-order valence-electron chi connectivity index (χ4n) is 2.75. The van der Waals surface area contributed by atoms with Gasteiger partial charge < -0.3 is 15.2 Å². The Morgan fingerprint density at radius 3 is 2.56 bits per heavy atom. The lowest BCUT2D eigenvalue weighted by Crippen LogP contribution is -2.48. The van der Waals surface area contributed by atoms with Gasteiger partial charge in [0.25, 0.3) is 5.91 Å². The third kappa shape index (κ3) is 3.65. The second-order valence-electron chi connectivity index (χ2n) is 6.18. The summed E-state index contributed by atoms with van der Waals surface area (Å²) in [6.07, 6.45) is -3.94. The Labute approximate surface area is 141 Å². The zero-order valence-electron chi connectivity index (χ0n) is 13.5. The number of benzene rings is 1. The summed E-state index contributed by atoms with van der Waals surface area (Å²) in [5.74, 6) is -1.49. The number of rotatable bonds is 2. The van der Waals surface area contributed by atoms with E-state index in [1.807, 2.05) is 6.92 Å². The molecular formula is C16H17F3N4O2. The molecule has 1 aliphatic heterocycles. The molecule has 0 spiro atoms. The highest BCUT2D eigenvalue weighted by Crippen LogP contribution is 2.29. The molecule has 1 aromatic carbocycles. The number of piperidine rings is 1. The van der Waals surface area contributed by atoms with E-state index in [1.165, 1.54) is 12.1 Å². The molecule has 1 aromatic heterocycles. The van der Waals surface area contributed by atoms with Crippen molar-refractivity contribution in [2.75, 3.05) is 13.1 Å². The summed E-state index contributed by atoms with van der Waals surface area (Å²) < 4.78 is 41.7. The van der Waals surface area contributed by atoms with Crippen molar-refractivity contribution in [1.82, 2.24) is 15.0 Å². The monoisotopic (exact) mass is 354 g/mol. The predicted octanol–water partition coefficient (Wildman–Crippen LogP) is 2.56. The van der Waals surface area contributed by atoms with Crippen LogP contribution in [-0.4, -0.2) is 40.1 Å². The van der Waals surface area contributed by atoms with Gasteiger partial charge in [-0.05, 0) is 24.5 Å². The molecule has 1 saturated heterocycles. The average molecular weight is 354 g/mol. The standard InChI is InChI=1S/C16H17F3N4O2/c1-9-8-23(7-6-12(9)20)14(24)11-4-2-10(3-5-11)13-21-15(25-22-13)16(17,18)19/h2-5,9,12H,6-8,20H2,1H3/t9-,12-/m1/s1. The van der Waals surface area contributed by atoms with E-state index in [0.717, 1.165) is 6.42 Å². The molecule has 0 unspecified atom stereocenters. The summed E-state index contributed by atoms with van der Waals surface area (Å²) in [6.45, 7) is 3.18. The maximum Gasteiger partial charge on any atom is 0.471 e. The van der Waals surface area contributed by atoms with Crippen LogP contribution in [0, 0.1) is 5.92 Å². The molecule has 2 N–H and O–H groups in total. The maximum atomic E-state index is 12.5. The lowest BCUT2D eigenvalue weighted by molar-refractivity contribution is -0.159. The van der Waals surface area contributed by atoms with Crippen LogP contribution >= 0.6 is 0 Å². The molecule has 1 aliphatic rings. The number of nitrogens with zero attached hydrogens (tertiary/aromatic N) is 3. The summed E-state index contributed by atoms with van der Waals surface area (Å²) in [4.78, 5) is 17.6. The van der Waals surface area contributed by atoms with Gasteiger partial charge in [0.15, 0.2) is 0 Å². The Bertz CT molecular complexity index is 757. The van der Waals surface area contributed by atoms with Crippen molar-refractivity contribution >= 4 is 5.91 Å². The first kappa shape index (κ1) is 17.4. The van der Waals surface area contributed by atoms with Gasteiger partial charge in [-0.2, -0.15) is 18.2 Å². The Balaban J connectivity index is 1.74. The van der Waals surface area contributed by atoms with Gasteiger partial charge >= 0.3 is 12.1 Å². The second kappa shape index (κ2) is 6.47. The topological polar surface area (TPSA) is 85.2 Å². The van der Waals surface area contributed by atoms with Gasteiger partial charge in [0.1, 0.15) is 0 Å². The van der Waals surface area contributed by atoms with Gasteiger partial charge in [-0.25, -0.2) is 0 Å². The molecule has 134 valence electrons. The summed E-state index contributed by atoms with van der Waals surface area (Å²) >= 11 is 0. The lowest BCUT2D eigenvalue weighted by Gasteiger charge is -2.35. The first-order chi connectivity index (χ1) is 11.8. The third-order valence-electron chi connectivity index (χ3n) is 4.32. The number of hydrogen-bond donors (Lipinski definition) is 1. The molecule has 2 heterocycles. The van der Waals surface area contributed by atoms with Crippen LogP contribution < -0.4 is 5.73 Å². The molecule has 1 fully saturated rings. The van der Waals surface area contributed by atoms with Crippen LogP contribution in [0.2, 0.25) is 0 Å². The summed E-state index contributed by atoms with van der Waals surface area (Å²) in [5.41, 5.74) is 6.74. The number of halogens is 3. The van der Waals surface area contributed by atoms with Crippen molar-refractivity contribution in [2.24, 2.45) is 11.7 Å². The van der Waals surface area contributed by atoms with Crippen LogP contribution in [0.25, 0.3) is 11.4 Å². The Morgan fingerprint density at radius 2 is 2.00 bits per heavy atom. The normalized spacial score (nSPS) is 21.4. The molecule has 0 radical (unpaired) electrons. The second-order valence-corrected chi connectivity index (χ2v) is 6.18. The molecule has 0 saturated carbocycles. The summed E-state index contributed by atoms with van der Waals surface area (Å²) in [5, 5.41) is 3.32. The van der Waals surface area contributed by atoms with Gasteiger partial charge in [-0.15, -0.1) is 0 Å². The number of aromatic nitrogens is 2. The highest BCUT2D eigenvalue weighted by Gasteiger charge is 2.38. The first-order valence-corrected chi connectivity index (χ1v) is 7.82. The van der Waals surface area contributed by atoms with Gasteiger partial charge in [0, 0.05) is 30.3 Å². The van der Waals surface area contributed by atoms with Crippen molar-refractivity contribution in [3.63, 3.8) is 0 Å². The van der Waals surface area contributed by atoms with E-state index in [2.05, 4.69) is 14.7 Å². The van der Waals surface area contributed by atoms with Crippen LogP contribution in [0.4, 0.5) is 13.2 Å². The van der Waals surface area contributed by atoms with Crippen LogP contribution in [0.5, 0.6) is 0 Å². The molecule has 1 amide bonds. The molecule has 3 rings (SSSR count). The van der Waals surface area contributed by atoms with E-state index in [1.54, 1.807) is 17.0 Å². The number of hydrogen-bond acceptors (Lipinski definition) is 5. The molecule has 0 aliphatic carbocycles. The predicted molar refractivity (Wildman–Crippen MR) is 82.4 cm³/mol. The van der Waals surface area contributed by atoms with Crippen LogP contribution in [0.1, 0.15) is 29.6 Å². The van der Waals surface area contributed by atoms with E-state index in [4.69, 9.17) is 5.73 Å². The Hall–Kier alpha value is -2.42. The van der Waals surface area contributed by atoms with Crippen molar-refractivity contribution < 1.29 is 22.5 Å². The van der Waals surface area contributed by atoms with E-state index in [9.17, 15) is 18.0 Å². The van der Waals surface area contributed by atoms with E-state index >= 15 is 0 Å². The first-order valence-electron chi connectivity index (χ1n) is 7.82. The largest absolute Gasteiger partial charge is 0.471 e. The Kier molecular flexibility index (Phi) is 4.51. The minimum Gasteiger partial charge on any atom is -0.338 e. The maximum absolute atomic E-state index is 12.5. The zero-order chi connectivity index (χ0) is 18.2. The molecule has 6 nitrogen and oxygen atoms in total. The van der Waals surface area contributed by atoms with Crippen molar-refractivity contribution in [1.29, 1.82) is 0 Å². The average Bonchev–Trinajstić information content (AvgIpc) is 3.07. The molecule has 0 bridgehead atoms. The number of amides is 1.